The van der Waals surface area contributed by atoms with Crippen LogP contribution in [0.2, 0.25) is 0 Å². The van der Waals surface area contributed by atoms with Crippen LogP contribution in [0, 0.1) is 5.82 Å². The van der Waals surface area contributed by atoms with Crippen LogP contribution in [-0.4, -0.2) is 39.5 Å². The van der Waals surface area contributed by atoms with Gasteiger partial charge < -0.3 is 14.2 Å². The van der Waals surface area contributed by atoms with Crippen molar-refractivity contribution < 1.29 is 23.4 Å². The van der Waals surface area contributed by atoms with Crippen LogP contribution in [-0.2, 0) is 14.2 Å². The standard InChI is InChI=1S/C13H17FO4S/c1-16-5-2-6-17-7-8-18-13(15)10-3-4-11(14)12(19)9-10/h3-4,9,19H,2,5-8H2,1H3. The fourth-order valence-electron chi connectivity index (χ4n) is 1.32. The molecule has 0 heterocycles. The maximum absolute atomic E-state index is 13.0. The third kappa shape index (κ3) is 6.04. The number of thiol groups is 1. The van der Waals surface area contributed by atoms with Gasteiger partial charge in [-0.1, -0.05) is 0 Å². The van der Waals surface area contributed by atoms with Gasteiger partial charge in [-0.2, -0.15) is 0 Å². The van der Waals surface area contributed by atoms with E-state index in [0.717, 1.165) is 6.42 Å². The van der Waals surface area contributed by atoms with Crippen molar-refractivity contribution in [3.8, 4) is 0 Å². The van der Waals surface area contributed by atoms with Gasteiger partial charge in [0.25, 0.3) is 0 Å². The Morgan fingerprint density at radius 1 is 1.26 bits per heavy atom. The average molecular weight is 288 g/mol. The molecule has 0 saturated heterocycles. The number of carbonyl (C=O) groups excluding carboxylic acids is 1. The number of methoxy groups -OCH3 is 1. The Balaban J connectivity index is 2.22. The topological polar surface area (TPSA) is 44.8 Å². The highest BCUT2D eigenvalue weighted by atomic mass is 32.1. The van der Waals surface area contributed by atoms with Gasteiger partial charge in [0.2, 0.25) is 0 Å². The summed E-state index contributed by atoms with van der Waals surface area (Å²) in [6.07, 6.45) is 0.797. The van der Waals surface area contributed by atoms with Crippen molar-refractivity contribution in [1.82, 2.24) is 0 Å². The second-order valence-electron chi connectivity index (χ2n) is 3.76. The molecule has 106 valence electrons. The average Bonchev–Trinajstić information content (AvgIpc) is 2.40. The summed E-state index contributed by atoms with van der Waals surface area (Å²) < 4.78 is 28.0. The van der Waals surface area contributed by atoms with Crippen LogP contribution in [0.15, 0.2) is 23.1 Å². The van der Waals surface area contributed by atoms with Crippen molar-refractivity contribution in [3.05, 3.63) is 29.6 Å². The first kappa shape index (κ1) is 15.9. The van der Waals surface area contributed by atoms with Gasteiger partial charge in [-0.25, -0.2) is 9.18 Å². The zero-order valence-corrected chi connectivity index (χ0v) is 11.6. The lowest BCUT2D eigenvalue weighted by atomic mass is 10.2. The summed E-state index contributed by atoms with van der Waals surface area (Å²) >= 11 is 3.90. The smallest absolute Gasteiger partial charge is 0.338 e. The second kappa shape index (κ2) is 8.90. The fourth-order valence-corrected chi connectivity index (χ4v) is 1.54. The number of halogens is 1. The van der Waals surface area contributed by atoms with E-state index in [1.54, 1.807) is 7.11 Å². The third-order valence-corrected chi connectivity index (χ3v) is 2.62. The molecule has 0 spiro atoms. The van der Waals surface area contributed by atoms with E-state index in [9.17, 15) is 9.18 Å². The zero-order chi connectivity index (χ0) is 14.1. The minimum Gasteiger partial charge on any atom is -0.460 e. The van der Waals surface area contributed by atoms with Crippen LogP contribution in [0.3, 0.4) is 0 Å². The fraction of sp³-hybridized carbons (Fsp3) is 0.462. The molecule has 0 saturated carbocycles. The number of rotatable bonds is 8. The van der Waals surface area contributed by atoms with Gasteiger partial charge >= 0.3 is 5.97 Å². The molecule has 4 nitrogen and oxygen atoms in total. The van der Waals surface area contributed by atoms with Gasteiger partial charge in [0.05, 0.1) is 12.2 Å². The van der Waals surface area contributed by atoms with E-state index in [4.69, 9.17) is 14.2 Å². The molecule has 0 aliphatic carbocycles. The molecule has 0 aliphatic heterocycles. The lowest BCUT2D eigenvalue weighted by Crippen LogP contribution is -2.12. The van der Waals surface area contributed by atoms with Crippen molar-refractivity contribution >= 4 is 18.6 Å². The molecule has 0 atom stereocenters. The molecule has 1 aromatic rings. The van der Waals surface area contributed by atoms with Crippen molar-refractivity contribution in [3.63, 3.8) is 0 Å². The molecule has 0 aromatic heterocycles. The van der Waals surface area contributed by atoms with Crippen molar-refractivity contribution in [2.24, 2.45) is 0 Å². The predicted octanol–water partition coefficient (Wildman–Crippen LogP) is 2.32. The summed E-state index contributed by atoms with van der Waals surface area (Å²) in [5.74, 6) is -0.989. The number of hydrogen-bond acceptors (Lipinski definition) is 5. The van der Waals surface area contributed by atoms with E-state index >= 15 is 0 Å². The van der Waals surface area contributed by atoms with Gasteiger partial charge in [-0.3, -0.25) is 0 Å². The lowest BCUT2D eigenvalue weighted by Gasteiger charge is -2.06. The molecule has 0 unspecified atom stereocenters. The third-order valence-electron chi connectivity index (χ3n) is 2.28. The van der Waals surface area contributed by atoms with Crippen LogP contribution < -0.4 is 0 Å². The molecule has 0 fully saturated rings. The van der Waals surface area contributed by atoms with E-state index < -0.39 is 11.8 Å². The molecule has 0 bridgehead atoms. The Morgan fingerprint density at radius 3 is 2.74 bits per heavy atom. The first-order chi connectivity index (χ1) is 9.15. The van der Waals surface area contributed by atoms with Gasteiger partial charge in [0.15, 0.2) is 0 Å². The highest BCUT2D eigenvalue weighted by Gasteiger charge is 2.09. The minimum absolute atomic E-state index is 0.116. The Bertz CT molecular complexity index is 412. The molecule has 0 N–H and O–H groups in total. The normalized spacial score (nSPS) is 10.5. The highest BCUT2D eigenvalue weighted by molar-refractivity contribution is 7.80. The largest absolute Gasteiger partial charge is 0.460 e. The van der Waals surface area contributed by atoms with Crippen LogP contribution in [0.25, 0.3) is 0 Å². The van der Waals surface area contributed by atoms with E-state index in [0.29, 0.717) is 19.8 Å². The monoisotopic (exact) mass is 288 g/mol. The first-order valence-corrected chi connectivity index (χ1v) is 6.32. The molecule has 0 aliphatic rings. The Kier molecular flexibility index (Phi) is 7.47. The maximum Gasteiger partial charge on any atom is 0.338 e. The molecular formula is C13H17FO4S. The van der Waals surface area contributed by atoms with E-state index in [2.05, 4.69) is 12.6 Å². The molecule has 1 aromatic carbocycles. The number of hydrogen-bond donors (Lipinski definition) is 1. The molecule has 1 rings (SSSR count). The van der Waals surface area contributed by atoms with Gasteiger partial charge in [0, 0.05) is 25.2 Å². The minimum atomic E-state index is -0.518. The van der Waals surface area contributed by atoms with Gasteiger partial charge in [-0.05, 0) is 24.6 Å². The first-order valence-electron chi connectivity index (χ1n) is 5.87. The summed E-state index contributed by atoms with van der Waals surface area (Å²) in [5, 5.41) is 0. The van der Waals surface area contributed by atoms with E-state index in [1.165, 1.54) is 18.2 Å². The number of carbonyl (C=O) groups is 1. The summed E-state index contributed by atoms with van der Waals surface area (Å²) in [4.78, 5) is 11.7. The van der Waals surface area contributed by atoms with Crippen molar-refractivity contribution in [2.75, 3.05) is 33.5 Å². The predicted molar refractivity (Wildman–Crippen MR) is 71.2 cm³/mol. The maximum atomic E-state index is 13.0. The van der Waals surface area contributed by atoms with Crippen molar-refractivity contribution in [1.29, 1.82) is 0 Å². The number of esters is 1. The summed E-state index contributed by atoms with van der Waals surface area (Å²) in [7, 11) is 1.63. The summed E-state index contributed by atoms with van der Waals surface area (Å²) in [6.45, 7) is 1.68. The number of ether oxygens (including phenoxy) is 3. The zero-order valence-electron chi connectivity index (χ0n) is 10.7. The molecular weight excluding hydrogens is 271 g/mol. The molecule has 6 heteroatoms. The molecule has 19 heavy (non-hydrogen) atoms. The summed E-state index contributed by atoms with van der Waals surface area (Å²) in [6, 6.07) is 3.87. The Labute approximate surface area is 117 Å². The van der Waals surface area contributed by atoms with E-state index in [-0.39, 0.29) is 17.1 Å². The van der Waals surface area contributed by atoms with Crippen LogP contribution >= 0.6 is 12.6 Å². The Hall–Kier alpha value is -1.11. The van der Waals surface area contributed by atoms with Crippen LogP contribution in [0.1, 0.15) is 16.8 Å². The molecule has 0 amide bonds. The SMILES string of the molecule is COCCCOCCOC(=O)c1ccc(F)c(S)c1. The van der Waals surface area contributed by atoms with Crippen LogP contribution in [0.4, 0.5) is 4.39 Å². The lowest BCUT2D eigenvalue weighted by molar-refractivity contribution is 0.0288. The number of benzene rings is 1. The van der Waals surface area contributed by atoms with Crippen molar-refractivity contribution in [2.45, 2.75) is 11.3 Å². The second-order valence-corrected chi connectivity index (χ2v) is 4.24. The Morgan fingerprint density at radius 2 is 2.05 bits per heavy atom. The quantitative estimate of drug-likeness (QED) is 0.453. The van der Waals surface area contributed by atoms with Gasteiger partial charge in [0.1, 0.15) is 12.4 Å². The summed E-state index contributed by atoms with van der Waals surface area (Å²) in [5.41, 5.74) is 0.269. The molecule has 0 radical (unpaired) electrons. The van der Waals surface area contributed by atoms with Gasteiger partial charge in [-0.15, -0.1) is 12.6 Å². The van der Waals surface area contributed by atoms with Crippen LogP contribution in [0.5, 0.6) is 0 Å². The van der Waals surface area contributed by atoms with E-state index in [1.807, 2.05) is 0 Å². The highest BCUT2D eigenvalue weighted by Crippen LogP contribution is 2.14.